The van der Waals surface area contributed by atoms with E-state index in [9.17, 15) is 5.48 Å². The number of fused-ring (bicyclic) bond motifs is 13. The fraction of sp³-hybridized carbons (Fsp3) is 0.204. The second-order valence-corrected chi connectivity index (χ2v) is 35.3. The first kappa shape index (κ1) is 59.8. The van der Waals surface area contributed by atoms with Crippen LogP contribution in [-0.2, 0) is 27.1 Å². The fourth-order valence-electron chi connectivity index (χ4n) is 16.7. The van der Waals surface area contributed by atoms with Crippen molar-refractivity contribution in [1.29, 1.82) is 0 Å². The van der Waals surface area contributed by atoms with Crippen molar-refractivity contribution in [3.8, 4) is 50.2 Å². The summed E-state index contributed by atoms with van der Waals surface area (Å²) in [5.41, 5.74) is 25.9. The van der Waals surface area contributed by atoms with Gasteiger partial charge in [0.2, 0.25) is 0 Å². The Morgan fingerprint density at radius 3 is 1.61 bits per heavy atom. The largest absolute Gasteiger partial charge is 0.456 e. The third-order valence-electron chi connectivity index (χ3n) is 22.2. The third kappa shape index (κ3) is 10.6. The normalized spacial score (nSPS) is 14.1. The molecule has 0 spiro atoms. The molecule has 2 aliphatic heterocycles. The van der Waals surface area contributed by atoms with E-state index >= 15 is 0 Å². The lowest BCUT2D eigenvalue weighted by Crippen LogP contribution is -2.61. The van der Waals surface area contributed by atoms with Crippen molar-refractivity contribution in [3.05, 3.63) is 289 Å². The second-order valence-electron chi connectivity index (χ2n) is 34.2. The van der Waals surface area contributed by atoms with E-state index in [0.29, 0.717) is 5.56 Å². The van der Waals surface area contributed by atoms with Crippen LogP contribution in [0.5, 0.6) is 0 Å². The van der Waals surface area contributed by atoms with Crippen molar-refractivity contribution < 1.29 is 11.3 Å². The van der Waals surface area contributed by atoms with Gasteiger partial charge in [-0.15, -0.1) is 11.3 Å². The molecule has 510 valence electrons. The maximum absolute atomic E-state index is 9.72. The molecule has 104 heavy (non-hydrogen) atoms. The first-order valence-electron chi connectivity index (χ1n) is 39.2. The standard InChI is InChI=1S/C98H88BN3OS/c1-94(2,3)65-40-45-79-74(55-65)75-56-66(95(4,5)6)41-46-80(75)100(79)69-57-84-92-85(58-69)102(93-71(70-32-22-25-35-76(70)98(13,14)15)42-47-87-91(93)72-33-23-26-36-86(72)103-87)81-44-39-61(59-28-18-16-19-29-59)50-78(81)99(92)77-43-38-62(63-48-67(96(7,8)9)54-68(49-63)97(10,11)12)51-82(77)101(84)83-52-64(60-30-20-17-21-31-60)53-89-90(83)73-34-24-27-37-88(73)104-89/h16-58H,1-15H3/i16D,18D,19D,28D,29D. The van der Waals surface area contributed by atoms with Crippen molar-refractivity contribution in [3.63, 3.8) is 0 Å². The van der Waals surface area contributed by atoms with E-state index < -0.39 is 12.8 Å². The number of nitrogens with zero attached hydrogens (tertiary/aromatic N) is 3. The van der Waals surface area contributed by atoms with Gasteiger partial charge < -0.3 is 18.8 Å². The monoisotopic (exact) mass is 1370 g/mol. The molecule has 0 atom stereocenters. The van der Waals surface area contributed by atoms with Crippen LogP contribution in [0.2, 0.25) is 0 Å². The van der Waals surface area contributed by atoms with Gasteiger partial charge in [-0.2, -0.15) is 0 Å². The lowest BCUT2D eigenvalue weighted by molar-refractivity contribution is 0.569. The fourth-order valence-corrected chi connectivity index (χ4v) is 17.8. The van der Waals surface area contributed by atoms with Crippen LogP contribution in [0.1, 0.15) is 139 Å². The van der Waals surface area contributed by atoms with E-state index in [0.717, 1.165) is 138 Å². The molecule has 0 N–H and O–H groups in total. The summed E-state index contributed by atoms with van der Waals surface area (Å²) in [5, 5.41) is 6.58. The number of aromatic nitrogens is 1. The molecule has 13 aromatic carbocycles. The molecule has 0 aliphatic carbocycles. The highest BCUT2D eigenvalue weighted by atomic mass is 32.1. The summed E-state index contributed by atoms with van der Waals surface area (Å²) in [6.45, 7) is 34.0. The number of rotatable bonds is 7. The molecule has 0 unspecified atom stereocenters. The van der Waals surface area contributed by atoms with E-state index in [1.165, 1.54) is 43.3 Å². The summed E-state index contributed by atoms with van der Waals surface area (Å²) in [4.78, 5) is 5.15. The first-order valence-corrected chi connectivity index (χ1v) is 37.6. The van der Waals surface area contributed by atoms with Crippen LogP contribution < -0.4 is 26.2 Å². The molecular weight excluding hydrogens is 1280 g/mol. The average molecular weight is 1370 g/mol. The maximum Gasteiger partial charge on any atom is 0.252 e. The van der Waals surface area contributed by atoms with Gasteiger partial charge in [0, 0.05) is 64.6 Å². The molecular formula is C98H88BN3OS. The Morgan fingerprint density at radius 2 is 0.933 bits per heavy atom. The minimum absolute atomic E-state index is 0.144. The topological polar surface area (TPSA) is 24.6 Å². The summed E-state index contributed by atoms with van der Waals surface area (Å²) in [6, 6.07) is 84.4. The van der Waals surface area contributed by atoms with Crippen LogP contribution in [0.15, 0.2) is 265 Å². The van der Waals surface area contributed by atoms with Crippen LogP contribution in [0.25, 0.3) is 114 Å². The number of anilines is 6. The zero-order chi connectivity index (χ0) is 76.2. The number of furan rings is 1. The predicted octanol–water partition coefficient (Wildman–Crippen LogP) is 26.3. The minimum Gasteiger partial charge on any atom is -0.456 e. The van der Waals surface area contributed by atoms with Crippen LogP contribution >= 0.6 is 11.3 Å². The van der Waals surface area contributed by atoms with Crippen LogP contribution in [-0.4, -0.2) is 11.3 Å². The van der Waals surface area contributed by atoms with E-state index in [1.807, 2.05) is 23.5 Å². The smallest absolute Gasteiger partial charge is 0.252 e. The highest BCUT2D eigenvalue weighted by Crippen LogP contribution is 2.56. The lowest BCUT2D eigenvalue weighted by Gasteiger charge is -2.45. The van der Waals surface area contributed by atoms with Gasteiger partial charge in [-0.25, -0.2) is 0 Å². The Bertz CT molecular complexity index is 6410. The molecule has 0 bridgehead atoms. The highest BCUT2D eigenvalue weighted by molar-refractivity contribution is 7.26. The molecule has 0 radical (unpaired) electrons. The molecule has 0 saturated carbocycles. The molecule has 0 amide bonds. The first-order chi connectivity index (χ1) is 51.8. The Hall–Kier alpha value is -10.7. The predicted molar refractivity (Wildman–Crippen MR) is 450 cm³/mol. The van der Waals surface area contributed by atoms with E-state index in [-0.39, 0.29) is 56.8 Å². The third-order valence-corrected chi connectivity index (χ3v) is 23.3. The summed E-state index contributed by atoms with van der Waals surface area (Å²) in [6.07, 6.45) is 0. The minimum atomic E-state index is -0.527. The molecule has 2 aliphatic rings. The van der Waals surface area contributed by atoms with Crippen molar-refractivity contribution in [2.75, 3.05) is 9.80 Å². The van der Waals surface area contributed by atoms with Gasteiger partial charge >= 0.3 is 0 Å². The number of thiophene rings is 1. The second kappa shape index (κ2) is 23.4. The quantitative estimate of drug-likeness (QED) is 0.149. The molecule has 6 heteroatoms. The number of benzene rings is 13. The summed E-state index contributed by atoms with van der Waals surface area (Å²) in [5.74, 6) is 0. The summed E-state index contributed by atoms with van der Waals surface area (Å²) >= 11 is 1.83. The zero-order valence-corrected chi connectivity index (χ0v) is 63.0. The number of hydrogen-bond acceptors (Lipinski definition) is 4. The van der Waals surface area contributed by atoms with Gasteiger partial charge in [-0.05, 0) is 195 Å². The van der Waals surface area contributed by atoms with Crippen LogP contribution in [0.3, 0.4) is 0 Å². The highest BCUT2D eigenvalue weighted by Gasteiger charge is 2.46. The average Bonchev–Trinajstić information content (AvgIpc) is 1.60. The Morgan fingerprint density at radius 1 is 0.346 bits per heavy atom. The molecule has 5 heterocycles. The SMILES string of the molecule is [2H]c1c([2H])c([2H])c(-c2ccc3c(c2)B2c4ccc(-c5cc(C(C)(C)C)cc(C(C)(C)C)c5)cc4N(c4cc(-c5ccccc5)cc5sc6ccccc6c45)c4cc(-n5c6ccc(C(C)(C)C)cc6c6cc(C(C)(C)C)ccc65)cc(c42)N3c2c(-c3ccccc3C(C)(C)C)ccc3oc4ccccc4c23)c([2H])c1[2H]. The van der Waals surface area contributed by atoms with Gasteiger partial charge in [-0.3, -0.25) is 0 Å². The molecule has 16 aromatic rings. The van der Waals surface area contributed by atoms with Crippen molar-refractivity contribution in [1.82, 2.24) is 4.57 Å². The Kier molecular flexibility index (Phi) is 13.5. The molecule has 18 rings (SSSR count). The van der Waals surface area contributed by atoms with E-state index in [1.54, 1.807) is 0 Å². The Balaban J connectivity index is 1.08. The van der Waals surface area contributed by atoms with Crippen molar-refractivity contribution in [2.45, 2.75) is 131 Å². The van der Waals surface area contributed by atoms with Gasteiger partial charge in [0.25, 0.3) is 6.71 Å². The van der Waals surface area contributed by atoms with Crippen LogP contribution in [0.4, 0.5) is 34.1 Å². The summed E-state index contributed by atoms with van der Waals surface area (Å²) < 4.78 is 58.7. The number of para-hydroxylation sites is 1. The molecule has 0 saturated heterocycles. The van der Waals surface area contributed by atoms with Gasteiger partial charge in [0.1, 0.15) is 11.2 Å². The van der Waals surface area contributed by atoms with Crippen molar-refractivity contribution in [2.24, 2.45) is 0 Å². The molecule has 0 fully saturated rings. The van der Waals surface area contributed by atoms with Crippen LogP contribution in [0, 0.1) is 0 Å². The maximum atomic E-state index is 9.72. The van der Waals surface area contributed by atoms with E-state index in [4.69, 9.17) is 5.79 Å². The number of hydrogen-bond donors (Lipinski definition) is 0. The van der Waals surface area contributed by atoms with E-state index in [2.05, 4.69) is 337 Å². The molecule has 4 nitrogen and oxygen atoms in total. The van der Waals surface area contributed by atoms with Gasteiger partial charge in [0.15, 0.2) is 0 Å². The Labute approximate surface area is 624 Å². The van der Waals surface area contributed by atoms with Gasteiger partial charge in [0.05, 0.1) is 40.3 Å². The van der Waals surface area contributed by atoms with Gasteiger partial charge in [-0.1, -0.05) is 280 Å². The lowest BCUT2D eigenvalue weighted by atomic mass is 9.33. The molecule has 3 aromatic heterocycles. The zero-order valence-electron chi connectivity index (χ0n) is 67.2. The van der Waals surface area contributed by atoms with Crippen molar-refractivity contribution >= 4 is 132 Å². The summed E-state index contributed by atoms with van der Waals surface area (Å²) in [7, 11) is 0.